The van der Waals surface area contributed by atoms with E-state index in [1.807, 2.05) is 19.1 Å². The Bertz CT molecular complexity index is 1290. The minimum atomic E-state index is 0.573. The van der Waals surface area contributed by atoms with Gasteiger partial charge in [-0.2, -0.15) is 0 Å². The molecule has 27 heavy (non-hydrogen) atoms. The highest BCUT2D eigenvalue weighted by Gasteiger charge is 2.16. The summed E-state index contributed by atoms with van der Waals surface area (Å²) in [6, 6.07) is 8.07. The summed E-state index contributed by atoms with van der Waals surface area (Å²) >= 11 is 4.90. The number of nitrogens with one attached hydrogen (secondary N) is 1. The minimum absolute atomic E-state index is 0.573. The summed E-state index contributed by atoms with van der Waals surface area (Å²) in [4.78, 5) is 14.0. The van der Waals surface area contributed by atoms with Crippen molar-refractivity contribution in [2.24, 2.45) is 0 Å². The first-order valence-electron chi connectivity index (χ1n) is 8.37. The highest BCUT2D eigenvalue weighted by Crippen LogP contribution is 2.40. The van der Waals surface area contributed by atoms with Crippen molar-refractivity contribution >= 4 is 74.9 Å². The Labute approximate surface area is 165 Å². The monoisotopic (exact) mass is 412 g/mol. The number of benzene rings is 2. The van der Waals surface area contributed by atoms with Gasteiger partial charge in [0.15, 0.2) is 21.8 Å². The third kappa shape index (κ3) is 2.53. The molecular formula is C18H12N4O2S3. The van der Waals surface area contributed by atoms with Crippen LogP contribution in [0.2, 0.25) is 0 Å². The largest absolute Gasteiger partial charge is 0.486 e. The molecule has 0 atom stereocenters. The molecule has 6 rings (SSSR count). The predicted molar refractivity (Wildman–Crippen MR) is 111 cm³/mol. The third-order valence-corrected chi connectivity index (χ3v) is 7.15. The van der Waals surface area contributed by atoms with Crippen LogP contribution < -0.4 is 14.8 Å². The van der Waals surface area contributed by atoms with Gasteiger partial charge in [-0.3, -0.25) is 0 Å². The number of nitrogens with zero attached hydrogens (tertiary/aromatic N) is 3. The van der Waals surface area contributed by atoms with E-state index < -0.39 is 0 Å². The van der Waals surface area contributed by atoms with Crippen LogP contribution in [0.3, 0.4) is 0 Å². The Kier molecular flexibility index (Phi) is 3.31. The van der Waals surface area contributed by atoms with E-state index in [2.05, 4.69) is 27.4 Å². The Morgan fingerprint density at radius 3 is 2.52 bits per heavy atom. The molecular weight excluding hydrogens is 400 g/mol. The van der Waals surface area contributed by atoms with Crippen molar-refractivity contribution in [2.75, 3.05) is 18.5 Å². The van der Waals surface area contributed by atoms with Gasteiger partial charge in [-0.25, -0.2) is 15.0 Å². The number of ether oxygens (including phenoxy) is 2. The average molecular weight is 413 g/mol. The van der Waals surface area contributed by atoms with Crippen molar-refractivity contribution in [1.29, 1.82) is 0 Å². The summed E-state index contributed by atoms with van der Waals surface area (Å²) in [5.41, 5.74) is 2.89. The van der Waals surface area contributed by atoms with Crippen LogP contribution in [0.25, 0.3) is 30.6 Å². The average Bonchev–Trinajstić information content (AvgIpc) is 3.34. The molecule has 0 radical (unpaired) electrons. The molecule has 0 amide bonds. The van der Waals surface area contributed by atoms with Gasteiger partial charge >= 0.3 is 0 Å². The van der Waals surface area contributed by atoms with Crippen molar-refractivity contribution in [3.8, 4) is 11.5 Å². The highest BCUT2D eigenvalue weighted by molar-refractivity contribution is 7.25. The molecule has 0 fully saturated rings. The molecule has 0 aliphatic carbocycles. The normalized spacial score (nSPS) is 13.7. The zero-order chi connectivity index (χ0) is 18.0. The van der Waals surface area contributed by atoms with Crippen LogP contribution in [0.5, 0.6) is 11.5 Å². The number of rotatable bonds is 2. The van der Waals surface area contributed by atoms with Crippen molar-refractivity contribution in [1.82, 2.24) is 15.0 Å². The van der Waals surface area contributed by atoms with Crippen LogP contribution in [0, 0.1) is 6.92 Å². The summed E-state index contributed by atoms with van der Waals surface area (Å²) in [5, 5.41) is 6.04. The second-order valence-electron chi connectivity index (χ2n) is 6.12. The molecule has 3 aromatic heterocycles. The van der Waals surface area contributed by atoms with Crippen molar-refractivity contribution in [3.63, 3.8) is 0 Å². The Morgan fingerprint density at radius 2 is 1.63 bits per heavy atom. The second kappa shape index (κ2) is 5.75. The van der Waals surface area contributed by atoms with Gasteiger partial charge < -0.3 is 14.8 Å². The first-order chi connectivity index (χ1) is 13.2. The van der Waals surface area contributed by atoms with Crippen LogP contribution in [0.4, 0.5) is 10.3 Å². The van der Waals surface area contributed by atoms with Gasteiger partial charge in [0.05, 0.1) is 30.1 Å². The van der Waals surface area contributed by atoms with Gasteiger partial charge in [-0.15, -0.1) is 11.3 Å². The summed E-state index contributed by atoms with van der Waals surface area (Å²) in [5.74, 6) is 1.54. The van der Waals surface area contributed by atoms with E-state index in [9.17, 15) is 0 Å². The smallest absolute Gasteiger partial charge is 0.190 e. The van der Waals surface area contributed by atoms with E-state index in [4.69, 9.17) is 14.5 Å². The SMILES string of the molecule is Cc1nc2c(ccc3nc(Nc4nc5cc6c(cc5s4)OCCO6)sc32)s1. The summed E-state index contributed by atoms with van der Waals surface area (Å²) in [6.07, 6.45) is 0. The fourth-order valence-electron chi connectivity index (χ4n) is 3.15. The molecule has 0 bridgehead atoms. The lowest BCUT2D eigenvalue weighted by Gasteiger charge is -2.17. The molecule has 0 saturated heterocycles. The van der Waals surface area contributed by atoms with Crippen LogP contribution in [0.15, 0.2) is 24.3 Å². The Hall–Kier alpha value is -2.49. The standard InChI is InChI=1S/C18H12N4O2S3/c1-8-19-15-13(25-8)3-2-9-16(15)27-18(20-9)22-17-21-10-6-11-12(7-14(10)26-17)24-5-4-23-11/h2-3,6-7H,4-5H2,1H3,(H,20,21,22). The number of hydrogen-bond acceptors (Lipinski definition) is 9. The van der Waals surface area contributed by atoms with Gasteiger partial charge in [0.1, 0.15) is 18.7 Å². The fourth-order valence-corrected chi connectivity index (χ4v) is 5.95. The maximum atomic E-state index is 5.66. The van der Waals surface area contributed by atoms with E-state index >= 15 is 0 Å². The Morgan fingerprint density at radius 1 is 0.852 bits per heavy atom. The maximum absolute atomic E-state index is 5.66. The molecule has 2 aromatic carbocycles. The molecule has 1 aliphatic heterocycles. The van der Waals surface area contributed by atoms with E-state index in [1.54, 1.807) is 34.0 Å². The maximum Gasteiger partial charge on any atom is 0.190 e. The molecule has 1 N–H and O–H groups in total. The van der Waals surface area contributed by atoms with Crippen molar-refractivity contribution < 1.29 is 9.47 Å². The van der Waals surface area contributed by atoms with Gasteiger partial charge in [0.2, 0.25) is 0 Å². The molecule has 4 heterocycles. The quantitative estimate of drug-likeness (QED) is 0.422. The molecule has 1 aliphatic rings. The van der Waals surface area contributed by atoms with Crippen LogP contribution in [0.1, 0.15) is 5.01 Å². The summed E-state index contributed by atoms with van der Waals surface area (Å²) < 4.78 is 14.7. The number of anilines is 2. The first-order valence-corrected chi connectivity index (χ1v) is 10.8. The summed E-state index contributed by atoms with van der Waals surface area (Å²) in [7, 11) is 0. The lowest BCUT2D eigenvalue weighted by molar-refractivity contribution is 0.172. The van der Waals surface area contributed by atoms with E-state index in [0.717, 1.165) is 52.7 Å². The molecule has 0 saturated carbocycles. The summed E-state index contributed by atoms with van der Waals surface area (Å²) in [6.45, 7) is 3.19. The zero-order valence-corrected chi connectivity index (χ0v) is 16.6. The molecule has 134 valence electrons. The molecule has 9 heteroatoms. The number of fused-ring (bicyclic) bond motifs is 5. The first kappa shape index (κ1) is 15.6. The van der Waals surface area contributed by atoms with E-state index in [-0.39, 0.29) is 0 Å². The molecule has 6 nitrogen and oxygen atoms in total. The molecule has 0 spiro atoms. The minimum Gasteiger partial charge on any atom is -0.486 e. The molecule has 5 aromatic rings. The van der Waals surface area contributed by atoms with E-state index in [1.165, 1.54) is 4.70 Å². The topological polar surface area (TPSA) is 69.2 Å². The number of aromatic nitrogens is 3. The van der Waals surface area contributed by atoms with Crippen molar-refractivity contribution in [3.05, 3.63) is 29.3 Å². The van der Waals surface area contributed by atoms with Crippen LogP contribution in [-0.4, -0.2) is 28.2 Å². The third-order valence-electron chi connectivity index (χ3n) is 4.29. The van der Waals surface area contributed by atoms with Crippen LogP contribution in [-0.2, 0) is 0 Å². The van der Waals surface area contributed by atoms with Crippen molar-refractivity contribution in [2.45, 2.75) is 6.92 Å². The number of hydrogen-bond donors (Lipinski definition) is 1. The Balaban J connectivity index is 1.40. The van der Waals surface area contributed by atoms with Gasteiger partial charge in [-0.05, 0) is 19.1 Å². The zero-order valence-electron chi connectivity index (χ0n) is 14.1. The number of aryl methyl sites for hydroxylation is 1. The highest BCUT2D eigenvalue weighted by atomic mass is 32.1. The lowest BCUT2D eigenvalue weighted by Crippen LogP contribution is -2.15. The van der Waals surface area contributed by atoms with E-state index in [0.29, 0.717) is 13.2 Å². The molecule has 0 unspecified atom stereocenters. The van der Waals surface area contributed by atoms with Gasteiger partial charge in [-0.1, -0.05) is 22.7 Å². The lowest BCUT2D eigenvalue weighted by atomic mass is 10.3. The predicted octanol–water partition coefficient (Wildman–Crippen LogP) is 5.34. The van der Waals surface area contributed by atoms with Gasteiger partial charge in [0.25, 0.3) is 0 Å². The number of thiazole rings is 3. The van der Waals surface area contributed by atoms with Gasteiger partial charge in [0, 0.05) is 12.1 Å². The fraction of sp³-hybridized carbons (Fsp3) is 0.167. The van der Waals surface area contributed by atoms with Crippen LogP contribution >= 0.6 is 34.0 Å². The second-order valence-corrected chi connectivity index (χ2v) is 9.38.